The Hall–Kier alpha value is -4.58. The number of nitrogens with one attached hydrogen (secondary N) is 2. The van der Waals surface area contributed by atoms with Crippen LogP contribution in [-0.2, 0) is 17.7 Å². The van der Waals surface area contributed by atoms with E-state index in [9.17, 15) is 13.6 Å². The van der Waals surface area contributed by atoms with Crippen LogP contribution in [0.1, 0.15) is 37.3 Å². The number of nitrogens with zero attached hydrogens (tertiary/aromatic N) is 6. The van der Waals surface area contributed by atoms with Crippen molar-refractivity contribution in [2.24, 2.45) is 0 Å². The van der Waals surface area contributed by atoms with Crippen molar-refractivity contribution in [2.45, 2.75) is 45.1 Å². The molecule has 0 unspecified atom stereocenters. The zero-order valence-electron chi connectivity index (χ0n) is 24.0. The molecule has 0 radical (unpaired) electrons. The molecule has 1 aliphatic rings. The maximum atomic E-state index is 13.3. The first-order chi connectivity index (χ1) is 20.9. The largest absolute Gasteiger partial charge is 0.449 e. The van der Waals surface area contributed by atoms with Gasteiger partial charge in [0.2, 0.25) is 0 Å². The van der Waals surface area contributed by atoms with Crippen molar-refractivity contribution in [3.63, 3.8) is 0 Å². The second-order valence-corrected chi connectivity index (χ2v) is 10.8. The third kappa shape index (κ3) is 6.59. The minimum absolute atomic E-state index is 0.121. The van der Waals surface area contributed by atoms with Crippen molar-refractivity contribution in [2.75, 3.05) is 36.9 Å². The zero-order chi connectivity index (χ0) is 29.8. The van der Waals surface area contributed by atoms with Crippen LogP contribution in [0.2, 0.25) is 0 Å². The van der Waals surface area contributed by atoms with Crippen molar-refractivity contribution in [3.8, 4) is 0 Å². The van der Waals surface area contributed by atoms with Gasteiger partial charge >= 0.3 is 6.09 Å². The molecule has 0 spiro atoms. The Balaban J connectivity index is 1.11. The molecule has 6 rings (SSSR count). The lowest BCUT2D eigenvalue weighted by molar-refractivity contribution is -0.0555. The van der Waals surface area contributed by atoms with Crippen LogP contribution in [0.3, 0.4) is 0 Å². The predicted molar refractivity (Wildman–Crippen MR) is 161 cm³/mol. The monoisotopic (exact) mass is 588 g/mol. The summed E-state index contributed by atoms with van der Waals surface area (Å²) in [5, 5.41) is 16.2. The lowest BCUT2D eigenvalue weighted by atomic mass is 10.1. The summed E-state index contributed by atoms with van der Waals surface area (Å²) in [6.45, 7) is 4.22. The quantitative estimate of drug-likeness (QED) is 0.190. The molecule has 12 heteroatoms. The van der Waals surface area contributed by atoms with E-state index in [1.807, 2.05) is 59.1 Å². The number of alkyl halides is 2. The van der Waals surface area contributed by atoms with E-state index < -0.39 is 12.0 Å². The van der Waals surface area contributed by atoms with E-state index in [2.05, 4.69) is 37.9 Å². The third-order valence-electron chi connectivity index (χ3n) is 7.79. The first-order valence-electron chi connectivity index (χ1n) is 14.5. The number of carbonyl (C=O) groups is 1. The fourth-order valence-corrected chi connectivity index (χ4v) is 5.52. The number of aryl methyl sites for hydroxylation is 1. The van der Waals surface area contributed by atoms with Gasteiger partial charge in [-0.15, -0.1) is 0 Å². The van der Waals surface area contributed by atoms with Gasteiger partial charge in [0.25, 0.3) is 5.92 Å². The fourth-order valence-electron chi connectivity index (χ4n) is 5.52. The third-order valence-corrected chi connectivity index (χ3v) is 7.79. The normalized spacial score (nSPS) is 15.1. The van der Waals surface area contributed by atoms with E-state index in [1.165, 1.54) is 11.9 Å². The number of fused-ring (bicyclic) bond motifs is 2. The number of anilines is 3. The summed E-state index contributed by atoms with van der Waals surface area (Å²) in [5.74, 6) is -1.96. The van der Waals surface area contributed by atoms with Crippen molar-refractivity contribution in [1.82, 2.24) is 29.3 Å². The highest BCUT2D eigenvalue weighted by Crippen LogP contribution is 2.31. The number of benzene rings is 2. The van der Waals surface area contributed by atoms with Gasteiger partial charge in [0.15, 0.2) is 5.82 Å². The summed E-state index contributed by atoms with van der Waals surface area (Å²) in [5.41, 5.74) is 5.27. The molecule has 0 atom stereocenters. The first-order valence-corrected chi connectivity index (χ1v) is 14.5. The Morgan fingerprint density at radius 2 is 1.91 bits per heavy atom. The molecule has 1 amide bonds. The summed E-state index contributed by atoms with van der Waals surface area (Å²) in [4.78, 5) is 19.1. The van der Waals surface area contributed by atoms with Crippen LogP contribution in [0, 0.1) is 0 Å². The Morgan fingerprint density at radius 1 is 1.09 bits per heavy atom. The fraction of sp³-hybridized carbons (Fsp3) is 0.355. The van der Waals surface area contributed by atoms with Crippen molar-refractivity contribution < 1.29 is 18.3 Å². The summed E-state index contributed by atoms with van der Waals surface area (Å²) < 4.78 is 35.7. The van der Waals surface area contributed by atoms with Crippen molar-refractivity contribution in [3.05, 3.63) is 78.4 Å². The standard InChI is InChI=1S/C31H34F2N8O2/c1-2-25-26(38-30(42)43-16-6-13-39-14-11-31(32,33)12-15-39)20-41-28(25)29(34-21-36-41)37-24-9-10-27-23(17-24)18-35-40(27)19-22-7-4-3-5-8-22/h3-5,7-10,17-18,20-21H,2,6,11-16,19H2,1H3,(H,38,42)(H,34,36,37). The molecule has 1 saturated heterocycles. The van der Waals surface area contributed by atoms with Gasteiger partial charge in [0.05, 0.1) is 36.7 Å². The van der Waals surface area contributed by atoms with Gasteiger partial charge in [-0.1, -0.05) is 37.3 Å². The van der Waals surface area contributed by atoms with Gasteiger partial charge in [0.1, 0.15) is 11.8 Å². The second kappa shape index (κ2) is 12.3. The molecular formula is C31H34F2N8O2. The van der Waals surface area contributed by atoms with E-state index in [1.54, 1.807) is 10.7 Å². The van der Waals surface area contributed by atoms with Gasteiger partial charge in [0, 0.05) is 49.1 Å². The smallest absolute Gasteiger partial charge is 0.411 e. The summed E-state index contributed by atoms with van der Waals surface area (Å²) in [6, 6.07) is 16.3. The van der Waals surface area contributed by atoms with Crippen LogP contribution in [0.15, 0.2) is 67.3 Å². The van der Waals surface area contributed by atoms with E-state index >= 15 is 0 Å². The van der Waals surface area contributed by atoms with E-state index in [0.29, 0.717) is 50.5 Å². The molecule has 0 aliphatic carbocycles. The van der Waals surface area contributed by atoms with Crippen molar-refractivity contribution >= 4 is 39.7 Å². The number of ether oxygens (including phenoxy) is 1. The Bertz CT molecular complexity index is 1710. The zero-order valence-corrected chi connectivity index (χ0v) is 24.0. The van der Waals surface area contributed by atoms with Crippen LogP contribution in [-0.4, -0.2) is 67.5 Å². The molecule has 43 heavy (non-hydrogen) atoms. The number of aromatic nitrogens is 5. The molecule has 1 aliphatic heterocycles. The number of hydrogen-bond acceptors (Lipinski definition) is 7. The molecule has 2 N–H and O–H groups in total. The molecule has 5 aromatic rings. The lowest BCUT2D eigenvalue weighted by Crippen LogP contribution is -2.40. The lowest BCUT2D eigenvalue weighted by Gasteiger charge is -2.31. The molecule has 0 bridgehead atoms. The number of rotatable bonds is 10. The molecule has 1 fully saturated rings. The average molecular weight is 589 g/mol. The van der Waals surface area contributed by atoms with Gasteiger partial charge in [-0.05, 0) is 36.6 Å². The molecular weight excluding hydrogens is 554 g/mol. The van der Waals surface area contributed by atoms with Crippen LogP contribution < -0.4 is 10.6 Å². The number of amides is 1. The van der Waals surface area contributed by atoms with Gasteiger partial charge in [-0.2, -0.15) is 10.2 Å². The molecule has 3 aromatic heterocycles. The van der Waals surface area contributed by atoms with Crippen LogP contribution >= 0.6 is 0 Å². The molecule has 4 heterocycles. The predicted octanol–water partition coefficient (Wildman–Crippen LogP) is 6.10. The molecule has 2 aromatic carbocycles. The minimum atomic E-state index is -2.56. The van der Waals surface area contributed by atoms with E-state index in [-0.39, 0.29) is 19.4 Å². The van der Waals surface area contributed by atoms with Crippen LogP contribution in [0.4, 0.5) is 30.8 Å². The van der Waals surface area contributed by atoms with Gasteiger partial charge in [-0.25, -0.2) is 23.1 Å². The van der Waals surface area contributed by atoms with Crippen LogP contribution in [0.5, 0.6) is 0 Å². The molecule has 10 nitrogen and oxygen atoms in total. The SMILES string of the molecule is CCc1c(NC(=O)OCCCN2CCC(F)(F)CC2)cn2ncnc(Nc3ccc4c(cnn4Cc4ccccc4)c3)c12. The Kier molecular flexibility index (Phi) is 8.19. The molecule has 224 valence electrons. The summed E-state index contributed by atoms with van der Waals surface area (Å²) >= 11 is 0. The Morgan fingerprint density at radius 3 is 2.70 bits per heavy atom. The number of halogens is 2. The van der Waals surface area contributed by atoms with E-state index in [0.717, 1.165) is 27.7 Å². The highest BCUT2D eigenvalue weighted by molar-refractivity contribution is 5.91. The summed E-state index contributed by atoms with van der Waals surface area (Å²) in [7, 11) is 0. The first kappa shape index (κ1) is 28.5. The summed E-state index contributed by atoms with van der Waals surface area (Å²) in [6.07, 6.45) is 5.44. The average Bonchev–Trinajstić information content (AvgIpc) is 3.57. The van der Waals surface area contributed by atoms with Gasteiger partial charge in [-0.3, -0.25) is 10.00 Å². The van der Waals surface area contributed by atoms with Crippen molar-refractivity contribution in [1.29, 1.82) is 0 Å². The topological polar surface area (TPSA) is 102 Å². The maximum Gasteiger partial charge on any atom is 0.411 e. The highest BCUT2D eigenvalue weighted by Gasteiger charge is 2.33. The number of carbonyl (C=O) groups excluding carboxylic acids is 1. The number of piperidine rings is 1. The second-order valence-electron chi connectivity index (χ2n) is 10.8. The van der Waals surface area contributed by atoms with E-state index in [4.69, 9.17) is 4.74 Å². The minimum Gasteiger partial charge on any atom is -0.449 e. The van der Waals surface area contributed by atoms with Crippen LogP contribution in [0.25, 0.3) is 16.4 Å². The number of likely N-dealkylation sites (tertiary alicyclic amines) is 1. The highest BCUT2D eigenvalue weighted by atomic mass is 19.3. The van der Waals surface area contributed by atoms with Gasteiger partial charge < -0.3 is 15.0 Å². The molecule has 0 saturated carbocycles. The maximum absolute atomic E-state index is 13.3. The number of hydrogen-bond donors (Lipinski definition) is 2. The Labute approximate surface area is 247 Å².